The van der Waals surface area contributed by atoms with Gasteiger partial charge in [0.15, 0.2) is 0 Å². The van der Waals surface area contributed by atoms with E-state index in [0.29, 0.717) is 0 Å². The van der Waals surface area contributed by atoms with Crippen molar-refractivity contribution >= 4 is 0 Å². The largest absolute Gasteiger partial charge is 0.392 e. The van der Waals surface area contributed by atoms with Crippen LogP contribution in [-0.2, 0) is 0 Å². The lowest BCUT2D eigenvalue weighted by Crippen LogP contribution is -2.62. The predicted octanol–water partition coefficient (Wildman–Crippen LogP) is 9.37. The van der Waals surface area contributed by atoms with Crippen molar-refractivity contribution in [3.8, 4) is 0 Å². The molecule has 1 saturated heterocycles. The summed E-state index contributed by atoms with van der Waals surface area (Å²) in [6.07, 6.45) is 35.2. The SMILES string of the molecule is CCCCCCCCCCCCCCC(O)CN1CC[N+](CCCN)(CC(O)CCCCCCCCCCCCCC)CC1. The molecule has 0 spiro atoms. The molecule has 0 amide bonds. The van der Waals surface area contributed by atoms with E-state index in [1.165, 1.54) is 141 Å². The van der Waals surface area contributed by atoms with Crippen LogP contribution in [0.15, 0.2) is 0 Å². The van der Waals surface area contributed by atoms with E-state index in [-0.39, 0.29) is 12.2 Å². The minimum atomic E-state index is -0.196. The molecule has 44 heavy (non-hydrogen) atoms. The van der Waals surface area contributed by atoms with E-state index in [9.17, 15) is 10.2 Å². The third-order valence-corrected chi connectivity index (χ3v) is 10.5. The van der Waals surface area contributed by atoms with Crippen LogP contribution in [0.4, 0.5) is 0 Å². The first-order valence-corrected chi connectivity index (χ1v) is 20.2. The first-order valence-electron chi connectivity index (χ1n) is 20.2. The number of quaternary nitrogens is 1. The molecule has 5 heteroatoms. The molecule has 0 aromatic rings. The van der Waals surface area contributed by atoms with Gasteiger partial charge in [0.1, 0.15) is 12.6 Å². The lowest BCUT2D eigenvalue weighted by atomic mass is 10.0. The second kappa shape index (κ2) is 30.2. The average molecular weight is 625 g/mol. The fourth-order valence-corrected chi connectivity index (χ4v) is 7.41. The summed E-state index contributed by atoms with van der Waals surface area (Å²) in [6, 6.07) is 0. The van der Waals surface area contributed by atoms with Gasteiger partial charge < -0.3 is 20.4 Å². The van der Waals surface area contributed by atoms with Crippen LogP contribution in [0, 0.1) is 0 Å². The van der Waals surface area contributed by atoms with E-state index in [0.717, 1.165) is 88.9 Å². The van der Waals surface area contributed by atoms with Crippen LogP contribution in [-0.4, -0.2) is 84.2 Å². The molecule has 0 aromatic carbocycles. The molecule has 4 N–H and O–H groups in total. The van der Waals surface area contributed by atoms with Crippen LogP contribution in [0.1, 0.15) is 187 Å². The van der Waals surface area contributed by atoms with Crippen LogP contribution >= 0.6 is 0 Å². The summed E-state index contributed by atoms with van der Waals surface area (Å²) in [5.74, 6) is 0. The average Bonchev–Trinajstić information content (AvgIpc) is 3.02. The van der Waals surface area contributed by atoms with Crippen molar-refractivity contribution in [3.63, 3.8) is 0 Å². The Morgan fingerprint density at radius 1 is 0.523 bits per heavy atom. The fraction of sp³-hybridized carbons (Fsp3) is 1.00. The number of nitrogens with two attached hydrogens (primary N) is 1. The summed E-state index contributed by atoms with van der Waals surface area (Å²) in [6.45, 7) is 12.3. The Morgan fingerprint density at radius 2 is 0.886 bits per heavy atom. The molecular formula is C39H82N3O2+. The van der Waals surface area contributed by atoms with Crippen LogP contribution in [0.25, 0.3) is 0 Å². The Kier molecular flexibility index (Phi) is 28.7. The van der Waals surface area contributed by atoms with E-state index in [1.807, 2.05) is 0 Å². The van der Waals surface area contributed by atoms with E-state index in [1.54, 1.807) is 0 Å². The second-order valence-corrected chi connectivity index (χ2v) is 14.8. The third kappa shape index (κ3) is 24.0. The molecule has 5 nitrogen and oxygen atoms in total. The number of aliphatic hydroxyl groups excluding tert-OH is 2. The van der Waals surface area contributed by atoms with Gasteiger partial charge in [0.25, 0.3) is 0 Å². The van der Waals surface area contributed by atoms with Crippen LogP contribution < -0.4 is 5.73 Å². The summed E-state index contributed by atoms with van der Waals surface area (Å²) in [5, 5.41) is 21.7. The summed E-state index contributed by atoms with van der Waals surface area (Å²) in [5.41, 5.74) is 5.92. The summed E-state index contributed by atoms with van der Waals surface area (Å²) in [7, 11) is 0. The lowest BCUT2D eigenvalue weighted by molar-refractivity contribution is -0.934. The monoisotopic (exact) mass is 625 g/mol. The number of rotatable bonds is 33. The first kappa shape index (κ1) is 41.8. The number of β-amino-alcohol motifs (C(OH)–C–C–N with tert-alkyl or cyclic N) is 1. The molecular weight excluding hydrogens is 542 g/mol. The van der Waals surface area contributed by atoms with Crippen molar-refractivity contribution in [2.45, 2.75) is 199 Å². The summed E-state index contributed by atoms with van der Waals surface area (Å²) >= 11 is 0. The number of hydrogen-bond donors (Lipinski definition) is 3. The van der Waals surface area contributed by atoms with E-state index >= 15 is 0 Å². The maximum absolute atomic E-state index is 11.0. The van der Waals surface area contributed by atoms with Crippen molar-refractivity contribution < 1.29 is 14.7 Å². The predicted molar refractivity (Wildman–Crippen MR) is 193 cm³/mol. The van der Waals surface area contributed by atoms with Crippen LogP contribution in [0.3, 0.4) is 0 Å². The van der Waals surface area contributed by atoms with Gasteiger partial charge in [-0.15, -0.1) is 0 Å². The number of aliphatic hydroxyl groups is 2. The maximum atomic E-state index is 11.0. The van der Waals surface area contributed by atoms with Gasteiger partial charge in [0.2, 0.25) is 0 Å². The van der Waals surface area contributed by atoms with Crippen molar-refractivity contribution in [1.82, 2.24) is 4.90 Å². The molecule has 2 atom stereocenters. The quantitative estimate of drug-likeness (QED) is 0.0503. The molecule has 0 saturated carbocycles. The molecule has 1 fully saturated rings. The van der Waals surface area contributed by atoms with Gasteiger partial charge in [-0.05, 0) is 19.4 Å². The first-order chi connectivity index (χ1) is 21.5. The van der Waals surface area contributed by atoms with Gasteiger partial charge in [0.05, 0.1) is 25.7 Å². The maximum Gasteiger partial charge on any atom is 0.105 e. The molecule has 1 aliphatic heterocycles. The van der Waals surface area contributed by atoms with Gasteiger partial charge in [-0.2, -0.15) is 0 Å². The van der Waals surface area contributed by atoms with Gasteiger partial charge in [-0.1, -0.05) is 168 Å². The zero-order valence-electron chi connectivity index (χ0n) is 30.3. The zero-order chi connectivity index (χ0) is 32.0. The highest BCUT2D eigenvalue weighted by Gasteiger charge is 2.34. The van der Waals surface area contributed by atoms with Crippen LogP contribution in [0.2, 0.25) is 0 Å². The molecule has 264 valence electrons. The molecule has 0 radical (unpaired) electrons. The molecule has 2 unspecified atom stereocenters. The molecule has 0 aliphatic carbocycles. The highest BCUT2D eigenvalue weighted by Crippen LogP contribution is 2.20. The number of hydrogen-bond acceptors (Lipinski definition) is 4. The standard InChI is InChI=1S/C39H82N3O2/c1-3-5-7-9-11-13-15-17-19-21-23-25-28-38(43)36-41-31-34-42(35-32-41,33-27-30-40)37-39(44)29-26-24-22-20-18-16-14-12-10-8-6-4-2/h38-39,43-44H,3-37,40H2,1-2H3/q+1. The van der Waals surface area contributed by atoms with E-state index in [2.05, 4.69) is 18.7 Å². The van der Waals surface area contributed by atoms with Crippen molar-refractivity contribution in [3.05, 3.63) is 0 Å². The minimum absolute atomic E-state index is 0.196. The van der Waals surface area contributed by atoms with Gasteiger partial charge in [0, 0.05) is 26.1 Å². The highest BCUT2D eigenvalue weighted by atomic mass is 16.3. The van der Waals surface area contributed by atoms with Gasteiger partial charge in [-0.3, -0.25) is 4.90 Å². The minimum Gasteiger partial charge on any atom is -0.392 e. The molecule has 0 aromatic heterocycles. The van der Waals surface area contributed by atoms with Gasteiger partial charge in [-0.25, -0.2) is 0 Å². The van der Waals surface area contributed by atoms with E-state index < -0.39 is 0 Å². The van der Waals surface area contributed by atoms with Crippen molar-refractivity contribution in [1.29, 1.82) is 0 Å². The number of piperazine rings is 1. The number of nitrogens with zero attached hydrogens (tertiary/aromatic N) is 2. The lowest BCUT2D eigenvalue weighted by Gasteiger charge is -2.46. The summed E-state index contributed by atoms with van der Waals surface area (Å²) < 4.78 is 1.02. The Hall–Kier alpha value is -0.200. The topological polar surface area (TPSA) is 69.7 Å². The molecule has 1 heterocycles. The van der Waals surface area contributed by atoms with Crippen molar-refractivity contribution in [2.24, 2.45) is 5.73 Å². The van der Waals surface area contributed by atoms with Crippen molar-refractivity contribution in [2.75, 3.05) is 52.4 Å². The summed E-state index contributed by atoms with van der Waals surface area (Å²) in [4.78, 5) is 2.47. The Bertz CT molecular complexity index is 582. The Morgan fingerprint density at radius 3 is 1.27 bits per heavy atom. The molecule has 0 bridgehead atoms. The van der Waals surface area contributed by atoms with E-state index in [4.69, 9.17) is 5.73 Å². The Labute approximate surface area is 276 Å². The third-order valence-electron chi connectivity index (χ3n) is 10.5. The van der Waals surface area contributed by atoms with Crippen LogP contribution in [0.5, 0.6) is 0 Å². The number of unbranched alkanes of at least 4 members (excludes halogenated alkanes) is 22. The zero-order valence-corrected chi connectivity index (χ0v) is 30.3. The Balaban J connectivity index is 2.12. The highest BCUT2D eigenvalue weighted by molar-refractivity contribution is 4.71. The smallest absolute Gasteiger partial charge is 0.105 e. The molecule has 1 rings (SSSR count). The second-order valence-electron chi connectivity index (χ2n) is 14.8. The molecule has 1 aliphatic rings. The van der Waals surface area contributed by atoms with Gasteiger partial charge >= 0.3 is 0 Å². The normalized spacial score (nSPS) is 16.8. The fourth-order valence-electron chi connectivity index (χ4n) is 7.41.